The lowest BCUT2D eigenvalue weighted by Gasteiger charge is -2.10. The highest BCUT2D eigenvalue weighted by Gasteiger charge is 2.10. The van der Waals surface area contributed by atoms with Crippen molar-refractivity contribution in [3.8, 4) is 0 Å². The molecule has 1 unspecified atom stereocenters. The predicted molar refractivity (Wildman–Crippen MR) is 79.4 cm³/mol. The van der Waals surface area contributed by atoms with Crippen molar-refractivity contribution in [3.05, 3.63) is 22.4 Å². The molecule has 2 aromatic heterocycles. The number of thioether (sulfide) groups is 1. The van der Waals surface area contributed by atoms with Crippen molar-refractivity contribution in [2.45, 2.75) is 23.7 Å². The van der Waals surface area contributed by atoms with Gasteiger partial charge in [0.1, 0.15) is 0 Å². The lowest BCUT2D eigenvalue weighted by atomic mass is 10.2. The Kier molecular flexibility index (Phi) is 5.17. The van der Waals surface area contributed by atoms with Gasteiger partial charge in [-0.1, -0.05) is 29.2 Å². The topological polar surface area (TPSA) is 75.1 Å². The van der Waals surface area contributed by atoms with E-state index in [0.717, 1.165) is 11.6 Å². The zero-order valence-corrected chi connectivity index (χ0v) is 12.6. The molecule has 0 amide bonds. The molecule has 0 fully saturated rings. The molecule has 0 bridgehead atoms. The molecule has 102 valence electrons. The number of aliphatic carboxylic acids is 1. The molecule has 19 heavy (non-hydrogen) atoms. The average molecular weight is 315 g/mol. The van der Waals surface area contributed by atoms with Crippen molar-refractivity contribution in [2.24, 2.45) is 0 Å². The molecule has 2 N–H and O–H groups in total. The summed E-state index contributed by atoms with van der Waals surface area (Å²) >= 11 is 4.31. The molecule has 1 atom stereocenters. The maximum atomic E-state index is 10.5. The van der Waals surface area contributed by atoms with Crippen LogP contribution in [-0.2, 0) is 11.2 Å². The SMILES string of the molecule is CC(Cc1cccs1)Nc1nnc(SCC(=O)O)s1. The van der Waals surface area contributed by atoms with E-state index >= 15 is 0 Å². The molecular formula is C11H13N3O2S3. The smallest absolute Gasteiger partial charge is 0.313 e. The zero-order valence-electron chi connectivity index (χ0n) is 10.2. The summed E-state index contributed by atoms with van der Waals surface area (Å²) in [5, 5.41) is 22.6. The second-order valence-corrected chi connectivity index (χ2v) is 7.12. The van der Waals surface area contributed by atoms with Crippen LogP contribution in [0.25, 0.3) is 0 Å². The first-order valence-corrected chi connectivity index (χ1v) is 8.28. The molecule has 0 saturated carbocycles. The Bertz CT molecular complexity index is 527. The third-order valence-corrected chi connectivity index (χ3v) is 5.05. The minimum atomic E-state index is -0.847. The molecule has 0 aliphatic rings. The fourth-order valence-electron chi connectivity index (χ4n) is 1.44. The van der Waals surface area contributed by atoms with Gasteiger partial charge in [-0.25, -0.2) is 0 Å². The summed E-state index contributed by atoms with van der Waals surface area (Å²) in [6.07, 6.45) is 0.939. The highest BCUT2D eigenvalue weighted by Crippen LogP contribution is 2.26. The van der Waals surface area contributed by atoms with Gasteiger partial charge in [0.2, 0.25) is 5.13 Å². The Hall–Kier alpha value is -1.12. The molecule has 2 rings (SSSR count). The fraction of sp³-hybridized carbons (Fsp3) is 0.364. The van der Waals surface area contributed by atoms with E-state index in [2.05, 4.69) is 33.9 Å². The molecule has 0 aromatic carbocycles. The van der Waals surface area contributed by atoms with Crippen molar-refractivity contribution in [1.82, 2.24) is 10.2 Å². The van der Waals surface area contributed by atoms with Crippen LogP contribution in [0.5, 0.6) is 0 Å². The summed E-state index contributed by atoms with van der Waals surface area (Å²) < 4.78 is 0.674. The monoisotopic (exact) mass is 315 g/mol. The standard InChI is InChI=1S/C11H13N3O2S3/c1-7(5-8-3-2-4-17-8)12-10-13-14-11(19-10)18-6-9(15)16/h2-4,7H,5-6H2,1H3,(H,12,13)(H,15,16). The Morgan fingerprint density at radius 2 is 2.42 bits per heavy atom. The fourth-order valence-corrected chi connectivity index (χ4v) is 3.86. The molecule has 2 aromatic rings. The Labute approximate surface area is 123 Å². The first-order valence-electron chi connectivity index (χ1n) is 5.60. The summed E-state index contributed by atoms with van der Waals surface area (Å²) in [6, 6.07) is 4.42. The van der Waals surface area contributed by atoms with Gasteiger partial charge in [0.15, 0.2) is 4.34 Å². The lowest BCUT2D eigenvalue weighted by Crippen LogP contribution is -2.17. The predicted octanol–water partition coefficient (Wildman–Crippen LogP) is 2.82. The van der Waals surface area contributed by atoms with Gasteiger partial charge in [0.25, 0.3) is 0 Å². The second kappa shape index (κ2) is 6.88. The minimum absolute atomic E-state index is 0.0133. The zero-order chi connectivity index (χ0) is 13.7. The first kappa shape index (κ1) is 14.3. The molecule has 5 nitrogen and oxygen atoms in total. The number of carbonyl (C=O) groups is 1. The number of rotatable bonds is 7. The normalized spacial score (nSPS) is 12.3. The number of carboxylic acids is 1. The van der Waals surface area contributed by atoms with Gasteiger partial charge in [0.05, 0.1) is 5.75 Å². The molecule has 0 saturated heterocycles. The van der Waals surface area contributed by atoms with Gasteiger partial charge in [-0.3, -0.25) is 4.79 Å². The van der Waals surface area contributed by atoms with Crippen LogP contribution in [0.2, 0.25) is 0 Å². The van der Waals surface area contributed by atoms with E-state index in [4.69, 9.17) is 5.11 Å². The van der Waals surface area contributed by atoms with Crippen molar-refractivity contribution in [2.75, 3.05) is 11.1 Å². The van der Waals surface area contributed by atoms with E-state index in [1.54, 1.807) is 11.3 Å². The van der Waals surface area contributed by atoms with E-state index in [1.165, 1.54) is 28.0 Å². The summed E-state index contributed by atoms with van der Waals surface area (Å²) in [6.45, 7) is 2.09. The van der Waals surface area contributed by atoms with Crippen molar-refractivity contribution in [3.63, 3.8) is 0 Å². The number of hydrogen-bond donors (Lipinski definition) is 2. The third-order valence-electron chi connectivity index (χ3n) is 2.18. The molecule has 2 heterocycles. The largest absolute Gasteiger partial charge is 0.481 e. The Morgan fingerprint density at radius 3 is 3.11 bits per heavy atom. The maximum Gasteiger partial charge on any atom is 0.313 e. The van der Waals surface area contributed by atoms with Crippen LogP contribution in [0.1, 0.15) is 11.8 Å². The van der Waals surface area contributed by atoms with Gasteiger partial charge in [-0.05, 0) is 18.4 Å². The highest BCUT2D eigenvalue weighted by atomic mass is 32.2. The van der Waals surface area contributed by atoms with Gasteiger partial charge in [-0.2, -0.15) is 0 Å². The van der Waals surface area contributed by atoms with Crippen LogP contribution in [0.3, 0.4) is 0 Å². The number of aromatic nitrogens is 2. The van der Waals surface area contributed by atoms with E-state index in [9.17, 15) is 4.79 Å². The minimum Gasteiger partial charge on any atom is -0.481 e. The number of nitrogens with zero attached hydrogens (tertiary/aromatic N) is 2. The lowest BCUT2D eigenvalue weighted by molar-refractivity contribution is -0.133. The summed E-state index contributed by atoms with van der Waals surface area (Å²) in [7, 11) is 0. The summed E-state index contributed by atoms with van der Waals surface area (Å²) in [5.74, 6) is -0.833. The van der Waals surface area contributed by atoms with Crippen LogP contribution in [-0.4, -0.2) is 33.1 Å². The van der Waals surface area contributed by atoms with Crippen molar-refractivity contribution < 1.29 is 9.90 Å². The number of thiophene rings is 1. The Morgan fingerprint density at radius 1 is 1.58 bits per heavy atom. The average Bonchev–Trinajstić information content (AvgIpc) is 2.98. The molecular weight excluding hydrogens is 302 g/mol. The quantitative estimate of drug-likeness (QED) is 0.765. The van der Waals surface area contributed by atoms with E-state index in [-0.39, 0.29) is 11.8 Å². The number of anilines is 1. The first-order chi connectivity index (χ1) is 9.13. The second-order valence-electron chi connectivity index (χ2n) is 3.88. The Balaban J connectivity index is 1.83. The molecule has 0 aliphatic heterocycles. The van der Waals surface area contributed by atoms with Crippen LogP contribution in [0.4, 0.5) is 5.13 Å². The number of carboxylic acid groups (broad SMARTS) is 1. The van der Waals surface area contributed by atoms with E-state index in [1.807, 2.05) is 6.07 Å². The van der Waals surface area contributed by atoms with Gasteiger partial charge < -0.3 is 10.4 Å². The van der Waals surface area contributed by atoms with Crippen molar-refractivity contribution >= 4 is 45.5 Å². The molecule has 0 aliphatic carbocycles. The molecule has 0 radical (unpaired) electrons. The van der Waals surface area contributed by atoms with E-state index < -0.39 is 5.97 Å². The summed E-state index contributed by atoms with van der Waals surface area (Å²) in [5.41, 5.74) is 0. The maximum absolute atomic E-state index is 10.5. The van der Waals surface area contributed by atoms with Gasteiger partial charge in [-0.15, -0.1) is 21.5 Å². The van der Waals surface area contributed by atoms with Crippen LogP contribution in [0, 0.1) is 0 Å². The number of nitrogens with one attached hydrogen (secondary N) is 1. The van der Waals surface area contributed by atoms with Crippen LogP contribution >= 0.6 is 34.4 Å². The van der Waals surface area contributed by atoms with Crippen molar-refractivity contribution in [1.29, 1.82) is 0 Å². The number of hydrogen-bond acceptors (Lipinski definition) is 7. The van der Waals surface area contributed by atoms with E-state index in [0.29, 0.717) is 4.34 Å². The van der Waals surface area contributed by atoms with Crippen LogP contribution in [0.15, 0.2) is 21.9 Å². The van der Waals surface area contributed by atoms with Gasteiger partial charge in [0, 0.05) is 17.3 Å². The molecule has 0 spiro atoms. The molecule has 8 heteroatoms. The highest BCUT2D eigenvalue weighted by molar-refractivity contribution is 8.01. The van der Waals surface area contributed by atoms with Crippen LogP contribution < -0.4 is 5.32 Å². The third kappa shape index (κ3) is 4.81. The summed E-state index contributed by atoms with van der Waals surface area (Å²) in [4.78, 5) is 11.8. The van der Waals surface area contributed by atoms with Gasteiger partial charge >= 0.3 is 5.97 Å².